The summed E-state index contributed by atoms with van der Waals surface area (Å²) in [6, 6.07) is 0. The first-order chi connectivity index (χ1) is 11.4. The molecule has 0 saturated carbocycles. The number of anilines is 1. The van der Waals surface area contributed by atoms with Crippen LogP contribution in [-0.2, 0) is 11.3 Å². The quantitative estimate of drug-likeness (QED) is 0.459. The summed E-state index contributed by atoms with van der Waals surface area (Å²) in [6.45, 7) is -0.940. The van der Waals surface area contributed by atoms with Crippen molar-refractivity contribution in [3.05, 3.63) is 20.8 Å². The number of aromatic amines is 1. The zero-order valence-corrected chi connectivity index (χ0v) is 12.2. The number of nitrogens with one attached hydrogen (secondary N) is 1. The van der Waals surface area contributed by atoms with Crippen molar-refractivity contribution in [2.45, 2.75) is 31.2 Å². The van der Waals surface area contributed by atoms with Crippen LogP contribution in [0, 0.1) is 12.3 Å². The molecule has 0 spiro atoms. The third-order valence-electron chi connectivity index (χ3n) is 3.80. The molecule has 0 radical (unpaired) electrons. The van der Waals surface area contributed by atoms with Gasteiger partial charge in [-0.1, -0.05) is 5.92 Å². The Balaban J connectivity index is 2.30. The van der Waals surface area contributed by atoms with Crippen molar-refractivity contribution in [3.8, 4) is 12.3 Å². The fraction of sp³-hybridized carbons (Fsp3) is 0.462. The topological polar surface area (TPSA) is 148 Å². The standard InChI is InChI=1S/C13H14FN5O5/c1-2-3-18-7-9(16-12(15)17-10(7)22)19(13(18)23)11-8(21)6(14)5(4-20)24-11/h1,5-6,8,11,20-21H,3-4H2,(H3,15,16,17,22)/t5-,6?,8+,11-/m1/s1. The molecular formula is C13H14FN5O5. The van der Waals surface area contributed by atoms with Gasteiger partial charge in [0.15, 0.2) is 23.6 Å². The lowest BCUT2D eigenvalue weighted by atomic mass is 10.1. The molecule has 5 N–H and O–H groups in total. The summed E-state index contributed by atoms with van der Waals surface area (Å²) < 4.78 is 20.9. The van der Waals surface area contributed by atoms with E-state index in [1.165, 1.54) is 0 Å². The van der Waals surface area contributed by atoms with Crippen LogP contribution in [0.25, 0.3) is 11.2 Å². The largest absolute Gasteiger partial charge is 0.394 e. The number of ether oxygens (including phenoxy) is 1. The number of terminal acetylenes is 1. The highest BCUT2D eigenvalue weighted by molar-refractivity contribution is 5.72. The molecule has 1 aliphatic rings. The summed E-state index contributed by atoms with van der Waals surface area (Å²) >= 11 is 0. The molecule has 4 atom stereocenters. The van der Waals surface area contributed by atoms with Crippen LogP contribution >= 0.6 is 0 Å². The summed E-state index contributed by atoms with van der Waals surface area (Å²) in [5, 5.41) is 19.1. The number of fused-ring (bicyclic) bond motifs is 1. The summed E-state index contributed by atoms with van der Waals surface area (Å²) in [5.41, 5.74) is 3.58. The molecule has 1 aliphatic heterocycles. The van der Waals surface area contributed by atoms with E-state index in [4.69, 9.17) is 22.0 Å². The number of halogens is 1. The molecule has 0 aliphatic carbocycles. The van der Waals surface area contributed by atoms with Gasteiger partial charge in [0.1, 0.15) is 12.2 Å². The van der Waals surface area contributed by atoms with Gasteiger partial charge in [-0.05, 0) is 0 Å². The van der Waals surface area contributed by atoms with E-state index in [0.29, 0.717) is 0 Å². The van der Waals surface area contributed by atoms with Crippen LogP contribution in [-0.4, -0.2) is 54.3 Å². The van der Waals surface area contributed by atoms with Crippen molar-refractivity contribution in [2.75, 3.05) is 12.3 Å². The number of imidazole rings is 1. The molecule has 128 valence electrons. The lowest BCUT2D eigenvalue weighted by Gasteiger charge is -2.15. The molecule has 3 heterocycles. The molecule has 0 aromatic carbocycles. The number of nitrogens with two attached hydrogens (primary N) is 1. The monoisotopic (exact) mass is 339 g/mol. The van der Waals surface area contributed by atoms with E-state index in [9.17, 15) is 19.1 Å². The van der Waals surface area contributed by atoms with Gasteiger partial charge in [0.05, 0.1) is 13.2 Å². The summed E-state index contributed by atoms with van der Waals surface area (Å²) in [7, 11) is 0. The first kappa shape index (κ1) is 16.2. The molecular weight excluding hydrogens is 325 g/mol. The van der Waals surface area contributed by atoms with Crippen LogP contribution in [0.15, 0.2) is 9.59 Å². The molecule has 3 rings (SSSR count). The van der Waals surface area contributed by atoms with E-state index in [-0.39, 0.29) is 23.7 Å². The summed E-state index contributed by atoms with van der Waals surface area (Å²) in [6.07, 6.45) is -1.26. The van der Waals surface area contributed by atoms with Crippen LogP contribution in [0.3, 0.4) is 0 Å². The van der Waals surface area contributed by atoms with Gasteiger partial charge in [-0.25, -0.2) is 13.8 Å². The zero-order chi connectivity index (χ0) is 17.6. The normalized spacial score (nSPS) is 26.8. The van der Waals surface area contributed by atoms with Gasteiger partial charge in [-0.15, -0.1) is 6.42 Å². The summed E-state index contributed by atoms with van der Waals surface area (Å²) in [5.74, 6) is 1.95. The number of aromatic nitrogens is 4. The minimum atomic E-state index is -1.92. The highest BCUT2D eigenvalue weighted by Gasteiger charge is 2.46. The van der Waals surface area contributed by atoms with Gasteiger partial charge in [0.2, 0.25) is 5.95 Å². The Hall–Kier alpha value is -2.68. The average molecular weight is 339 g/mol. The van der Waals surface area contributed by atoms with E-state index < -0.39 is 42.5 Å². The Morgan fingerprint density at radius 1 is 1.50 bits per heavy atom. The van der Waals surface area contributed by atoms with Gasteiger partial charge < -0.3 is 20.7 Å². The Kier molecular flexibility index (Phi) is 3.88. The number of rotatable bonds is 3. The fourth-order valence-electron chi connectivity index (χ4n) is 2.74. The lowest BCUT2D eigenvalue weighted by Crippen LogP contribution is -2.34. The highest BCUT2D eigenvalue weighted by atomic mass is 19.1. The smallest absolute Gasteiger partial charge is 0.333 e. The third kappa shape index (κ3) is 2.20. The van der Waals surface area contributed by atoms with Crippen molar-refractivity contribution < 1.29 is 19.3 Å². The molecule has 1 unspecified atom stereocenters. The van der Waals surface area contributed by atoms with Crippen LogP contribution in [0.1, 0.15) is 6.23 Å². The number of H-pyrrole nitrogens is 1. The number of aliphatic hydroxyl groups is 2. The van der Waals surface area contributed by atoms with E-state index in [1.54, 1.807) is 0 Å². The molecule has 2 aromatic heterocycles. The fourth-order valence-corrected chi connectivity index (χ4v) is 2.74. The molecule has 10 nitrogen and oxygen atoms in total. The highest BCUT2D eigenvalue weighted by Crippen LogP contribution is 2.31. The number of nitrogens with zero attached hydrogens (tertiary/aromatic N) is 3. The minimum Gasteiger partial charge on any atom is -0.394 e. The van der Waals surface area contributed by atoms with Crippen molar-refractivity contribution in [1.29, 1.82) is 0 Å². The average Bonchev–Trinajstić information content (AvgIpc) is 2.96. The van der Waals surface area contributed by atoms with Crippen molar-refractivity contribution >= 4 is 17.1 Å². The third-order valence-corrected chi connectivity index (χ3v) is 3.80. The molecule has 0 amide bonds. The van der Waals surface area contributed by atoms with E-state index in [2.05, 4.69) is 15.9 Å². The molecule has 1 fully saturated rings. The Labute approximate surface area is 133 Å². The van der Waals surface area contributed by atoms with Gasteiger partial charge >= 0.3 is 5.69 Å². The lowest BCUT2D eigenvalue weighted by molar-refractivity contribution is -0.0513. The van der Waals surface area contributed by atoms with Crippen LogP contribution < -0.4 is 17.0 Å². The maximum atomic E-state index is 14.0. The number of aliphatic hydroxyl groups excluding tert-OH is 2. The summed E-state index contributed by atoms with van der Waals surface area (Å²) in [4.78, 5) is 30.8. The number of hydrogen-bond acceptors (Lipinski definition) is 7. The Morgan fingerprint density at radius 2 is 2.21 bits per heavy atom. The van der Waals surface area contributed by atoms with Gasteiger partial charge in [-0.2, -0.15) is 4.98 Å². The molecule has 1 saturated heterocycles. The second kappa shape index (κ2) is 5.75. The number of hydrogen-bond donors (Lipinski definition) is 4. The van der Waals surface area contributed by atoms with Crippen LogP contribution in [0.5, 0.6) is 0 Å². The van der Waals surface area contributed by atoms with Crippen LogP contribution in [0.4, 0.5) is 10.3 Å². The minimum absolute atomic E-state index is 0.175. The molecule has 24 heavy (non-hydrogen) atoms. The predicted molar refractivity (Wildman–Crippen MR) is 79.8 cm³/mol. The van der Waals surface area contributed by atoms with Crippen molar-refractivity contribution in [3.63, 3.8) is 0 Å². The van der Waals surface area contributed by atoms with E-state index in [1.807, 2.05) is 0 Å². The molecule has 11 heteroatoms. The first-order valence-electron chi connectivity index (χ1n) is 6.93. The Morgan fingerprint density at radius 3 is 2.79 bits per heavy atom. The molecule has 2 aromatic rings. The van der Waals surface area contributed by atoms with Crippen LogP contribution in [0.2, 0.25) is 0 Å². The maximum Gasteiger partial charge on any atom is 0.333 e. The van der Waals surface area contributed by atoms with Crippen molar-refractivity contribution in [1.82, 2.24) is 19.1 Å². The first-order valence-corrected chi connectivity index (χ1v) is 6.93. The SMILES string of the molecule is C#CCn1c(=O)n([C@@H]2O[C@H](CO)C(F)[C@@H]2O)c2nc(N)[nH]c(=O)c21. The maximum absolute atomic E-state index is 14.0. The van der Waals surface area contributed by atoms with E-state index >= 15 is 0 Å². The number of nitrogen functional groups attached to an aromatic ring is 1. The predicted octanol–water partition coefficient (Wildman–Crippen LogP) is -2.31. The zero-order valence-electron chi connectivity index (χ0n) is 12.2. The van der Waals surface area contributed by atoms with Gasteiger partial charge in [0, 0.05) is 0 Å². The van der Waals surface area contributed by atoms with Crippen molar-refractivity contribution in [2.24, 2.45) is 0 Å². The molecule has 0 bridgehead atoms. The van der Waals surface area contributed by atoms with Gasteiger partial charge in [0.25, 0.3) is 5.56 Å². The van der Waals surface area contributed by atoms with E-state index in [0.717, 1.165) is 9.13 Å². The second-order valence-corrected chi connectivity index (χ2v) is 5.25. The number of alkyl halides is 1. The second-order valence-electron chi connectivity index (χ2n) is 5.25. The van der Waals surface area contributed by atoms with Gasteiger partial charge in [-0.3, -0.25) is 14.3 Å². The Bertz CT molecular complexity index is 941.